The quantitative estimate of drug-likeness (QED) is 0.528. The number of hydrogen-bond acceptors (Lipinski definition) is 5. The normalized spacial score (nSPS) is 14.9. The maximum Gasteiger partial charge on any atom is 0.252 e. The topological polar surface area (TPSA) is 67.9 Å². The van der Waals surface area contributed by atoms with Gasteiger partial charge in [-0.1, -0.05) is 36.4 Å². The zero-order valence-corrected chi connectivity index (χ0v) is 19.8. The highest BCUT2D eigenvalue weighted by molar-refractivity contribution is 8.00. The molecule has 7 heteroatoms. The number of rotatable bonds is 6. The molecule has 0 radical (unpaired) electrons. The van der Waals surface area contributed by atoms with Crippen LogP contribution in [0.2, 0.25) is 0 Å². The summed E-state index contributed by atoms with van der Waals surface area (Å²) in [7, 11) is 0. The van der Waals surface area contributed by atoms with E-state index in [0.29, 0.717) is 31.1 Å². The Morgan fingerprint density at radius 3 is 2.65 bits per heavy atom. The summed E-state index contributed by atoms with van der Waals surface area (Å²) in [6.45, 7) is 3.70. The van der Waals surface area contributed by atoms with Crippen molar-refractivity contribution in [2.75, 3.05) is 30.4 Å². The van der Waals surface area contributed by atoms with Crippen LogP contribution in [0.4, 0.5) is 5.69 Å². The Morgan fingerprint density at radius 2 is 1.76 bits per heavy atom. The molecule has 3 aromatic rings. The van der Waals surface area contributed by atoms with Crippen LogP contribution in [-0.4, -0.2) is 37.3 Å². The second-order valence-electron chi connectivity index (χ2n) is 8.31. The molecule has 0 fully saturated rings. The van der Waals surface area contributed by atoms with E-state index in [0.717, 1.165) is 28.3 Å². The van der Waals surface area contributed by atoms with Gasteiger partial charge in [0.05, 0.1) is 17.4 Å². The summed E-state index contributed by atoms with van der Waals surface area (Å²) in [5.74, 6) is 1.57. The third kappa shape index (κ3) is 4.61. The van der Waals surface area contributed by atoms with Crippen molar-refractivity contribution >= 4 is 29.3 Å². The lowest BCUT2D eigenvalue weighted by Gasteiger charge is -2.21. The number of fused-ring (bicyclic) bond motifs is 2. The average molecular weight is 475 g/mol. The number of nitrogens with one attached hydrogen (secondary N) is 1. The molecule has 0 bridgehead atoms. The summed E-state index contributed by atoms with van der Waals surface area (Å²) in [6, 6.07) is 20.9. The van der Waals surface area contributed by atoms with Crippen LogP contribution in [0.1, 0.15) is 34.5 Å². The first-order valence-corrected chi connectivity index (χ1v) is 12.4. The first kappa shape index (κ1) is 22.3. The van der Waals surface area contributed by atoms with Crippen molar-refractivity contribution in [3.63, 3.8) is 0 Å². The van der Waals surface area contributed by atoms with Crippen LogP contribution < -0.4 is 19.7 Å². The van der Waals surface area contributed by atoms with Gasteiger partial charge in [-0.15, -0.1) is 11.8 Å². The molecule has 5 rings (SSSR count). The summed E-state index contributed by atoms with van der Waals surface area (Å²) < 4.78 is 11.2. The molecule has 2 aliphatic rings. The van der Waals surface area contributed by atoms with E-state index in [1.807, 2.05) is 66.4 Å². The monoisotopic (exact) mass is 474 g/mol. The second kappa shape index (κ2) is 9.81. The zero-order valence-electron chi connectivity index (χ0n) is 19.0. The third-order valence-corrected chi connectivity index (χ3v) is 7.14. The molecule has 2 amide bonds. The first-order chi connectivity index (χ1) is 16.6. The van der Waals surface area contributed by atoms with Crippen molar-refractivity contribution in [3.05, 3.63) is 83.4 Å². The third-order valence-electron chi connectivity index (χ3n) is 6.08. The van der Waals surface area contributed by atoms with Crippen LogP contribution in [-0.2, 0) is 11.2 Å². The van der Waals surface area contributed by atoms with Gasteiger partial charge in [-0.2, -0.15) is 0 Å². The molecule has 1 unspecified atom stereocenters. The number of thioether (sulfide) groups is 1. The Bertz CT molecular complexity index is 1230. The van der Waals surface area contributed by atoms with Gasteiger partial charge in [0.1, 0.15) is 13.2 Å². The summed E-state index contributed by atoms with van der Waals surface area (Å²) in [5.41, 5.74) is 3.69. The Kier molecular flexibility index (Phi) is 6.45. The number of para-hydroxylation sites is 1. The molecule has 2 heterocycles. The van der Waals surface area contributed by atoms with Gasteiger partial charge in [-0.3, -0.25) is 9.59 Å². The smallest absolute Gasteiger partial charge is 0.252 e. The molecule has 174 valence electrons. The molecule has 0 aromatic heterocycles. The maximum absolute atomic E-state index is 13.1. The minimum absolute atomic E-state index is 0.0507. The highest BCUT2D eigenvalue weighted by atomic mass is 32.2. The number of hydrogen-bond donors (Lipinski definition) is 1. The molecule has 0 aliphatic carbocycles. The fourth-order valence-electron chi connectivity index (χ4n) is 4.28. The molecule has 1 atom stereocenters. The molecule has 2 aliphatic heterocycles. The van der Waals surface area contributed by atoms with Crippen molar-refractivity contribution in [2.24, 2.45) is 0 Å². The number of ether oxygens (including phenoxy) is 2. The van der Waals surface area contributed by atoms with Gasteiger partial charge in [0.25, 0.3) is 5.91 Å². The Labute approximate surface area is 203 Å². The van der Waals surface area contributed by atoms with Crippen LogP contribution >= 0.6 is 11.8 Å². The summed E-state index contributed by atoms with van der Waals surface area (Å²) in [4.78, 5) is 28.7. The van der Waals surface area contributed by atoms with E-state index in [4.69, 9.17) is 9.47 Å². The van der Waals surface area contributed by atoms with Gasteiger partial charge in [-0.25, -0.2) is 0 Å². The van der Waals surface area contributed by atoms with Crippen LogP contribution in [0, 0.1) is 0 Å². The Morgan fingerprint density at radius 1 is 1.00 bits per heavy atom. The molecule has 34 heavy (non-hydrogen) atoms. The van der Waals surface area contributed by atoms with Crippen LogP contribution in [0.15, 0.2) is 71.6 Å². The molecule has 0 saturated carbocycles. The van der Waals surface area contributed by atoms with E-state index in [-0.39, 0.29) is 23.6 Å². The molecule has 0 spiro atoms. The lowest BCUT2D eigenvalue weighted by Crippen LogP contribution is -2.30. The predicted molar refractivity (Wildman–Crippen MR) is 133 cm³/mol. The Hall–Kier alpha value is -3.45. The summed E-state index contributed by atoms with van der Waals surface area (Å²) >= 11 is 1.40. The number of carbonyl (C=O) groups is 2. The lowest BCUT2D eigenvalue weighted by atomic mass is 10.1. The van der Waals surface area contributed by atoms with E-state index in [9.17, 15) is 9.59 Å². The fourth-order valence-corrected chi connectivity index (χ4v) is 5.21. The van der Waals surface area contributed by atoms with Gasteiger partial charge >= 0.3 is 0 Å². The van der Waals surface area contributed by atoms with Gasteiger partial charge in [-0.05, 0) is 54.8 Å². The molecule has 6 nitrogen and oxygen atoms in total. The Balaban J connectivity index is 1.25. The standard InChI is InChI=1S/C27H26N2O4S/c1-18(20-10-11-23-24(16-20)33-15-14-32-23)28-27(31)21-7-3-5-9-25(21)34-17-26(30)29-13-12-19-6-2-4-8-22(19)29/h2-11,16,18H,12-15,17H2,1H3,(H,28,31). The van der Waals surface area contributed by atoms with Crippen molar-refractivity contribution in [3.8, 4) is 11.5 Å². The zero-order chi connectivity index (χ0) is 23.5. The van der Waals surface area contributed by atoms with E-state index in [1.54, 1.807) is 6.07 Å². The summed E-state index contributed by atoms with van der Waals surface area (Å²) in [5, 5.41) is 3.07. The predicted octanol–water partition coefficient (Wildman–Crippen LogP) is 4.63. The average Bonchev–Trinajstić information content (AvgIpc) is 3.31. The van der Waals surface area contributed by atoms with Crippen molar-refractivity contribution in [2.45, 2.75) is 24.3 Å². The second-order valence-corrected chi connectivity index (χ2v) is 9.32. The van der Waals surface area contributed by atoms with Crippen LogP contribution in [0.25, 0.3) is 0 Å². The number of amides is 2. The van der Waals surface area contributed by atoms with E-state index >= 15 is 0 Å². The molecule has 1 N–H and O–H groups in total. The van der Waals surface area contributed by atoms with Crippen molar-refractivity contribution in [1.82, 2.24) is 5.32 Å². The number of carbonyl (C=O) groups excluding carboxylic acids is 2. The number of nitrogens with zero attached hydrogens (tertiary/aromatic N) is 1. The van der Waals surface area contributed by atoms with Gasteiger partial charge in [0.15, 0.2) is 11.5 Å². The SMILES string of the molecule is CC(NC(=O)c1ccccc1SCC(=O)N1CCc2ccccc21)c1ccc2c(c1)OCCO2. The van der Waals surface area contributed by atoms with E-state index in [2.05, 4.69) is 11.4 Å². The number of anilines is 1. The van der Waals surface area contributed by atoms with Gasteiger partial charge in [0, 0.05) is 17.1 Å². The van der Waals surface area contributed by atoms with E-state index in [1.165, 1.54) is 17.3 Å². The van der Waals surface area contributed by atoms with E-state index < -0.39 is 0 Å². The number of benzene rings is 3. The minimum Gasteiger partial charge on any atom is -0.486 e. The fraction of sp³-hybridized carbons (Fsp3) is 0.259. The molecule has 3 aromatic carbocycles. The van der Waals surface area contributed by atoms with Crippen molar-refractivity contribution < 1.29 is 19.1 Å². The highest BCUT2D eigenvalue weighted by Gasteiger charge is 2.25. The summed E-state index contributed by atoms with van der Waals surface area (Å²) in [6.07, 6.45) is 0.878. The lowest BCUT2D eigenvalue weighted by molar-refractivity contribution is -0.116. The van der Waals surface area contributed by atoms with Crippen LogP contribution in [0.5, 0.6) is 11.5 Å². The highest BCUT2D eigenvalue weighted by Crippen LogP contribution is 2.33. The van der Waals surface area contributed by atoms with Crippen LogP contribution in [0.3, 0.4) is 0 Å². The molecule has 0 saturated heterocycles. The van der Waals surface area contributed by atoms with Gasteiger partial charge < -0.3 is 19.7 Å². The first-order valence-electron chi connectivity index (χ1n) is 11.4. The molecular formula is C27H26N2O4S. The maximum atomic E-state index is 13.1. The van der Waals surface area contributed by atoms with Crippen molar-refractivity contribution in [1.29, 1.82) is 0 Å². The minimum atomic E-state index is -0.218. The molecular weight excluding hydrogens is 448 g/mol. The largest absolute Gasteiger partial charge is 0.486 e. The van der Waals surface area contributed by atoms with Gasteiger partial charge in [0.2, 0.25) is 5.91 Å².